The summed E-state index contributed by atoms with van der Waals surface area (Å²) in [5.41, 5.74) is 0.563. The van der Waals surface area contributed by atoms with Crippen LogP contribution in [0.3, 0.4) is 0 Å². The van der Waals surface area contributed by atoms with E-state index in [1.54, 1.807) is 35.4 Å². The van der Waals surface area contributed by atoms with Crippen LogP contribution in [0.15, 0.2) is 38.3 Å². The number of carbonyl (C=O) groups is 1. The molecule has 0 radical (unpaired) electrons. The predicted molar refractivity (Wildman–Crippen MR) is 79.8 cm³/mol. The highest BCUT2D eigenvalue weighted by Crippen LogP contribution is 2.32. The first-order valence-corrected chi connectivity index (χ1v) is 7.17. The van der Waals surface area contributed by atoms with E-state index < -0.39 is 0 Å². The first-order valence-electron chi connectivity index (χ1n) is 5.95. The summed E-state index contributed by atoms with van der Waals surface area (Å²) < 4.78 is 11.0. The molecule has 0 atom stereocenters. The van der Waals surface area contributed by atoms with E-state index in [2.05, 4.69) is 5.16 Å². The second-order valence-corrected chi connectivity index (χ2v) is 5.70. The fourth-order valence-electron chi connectivity index (χ4n) is 1.80. The van der Waals surface area contributed by atoms with Crippen molar-refractivity contribution in [2.45, 2.75) is 6.92 Å². The van der Waals surface area contributed by atoms with E-state index in [0.717, 1.165) is 0 Å². The lowest BCUT2D eigenvalue weighted by molar-refractivity contribution is -0.121. The lowest BCUT2D eigenvalue weighted by atomic mass is 10.3. The van der Waals surface area contributed by atoms with E-state index in [1.165, 1.54) is 11.8 Å². The number of amides is 1. The van der Waals surface area contributed by atoms with Crippen LogP contribution in [0.5, 0.6) is 0 Å². The molecular formula is C13H10N2O3S2. The van der Waals surface area contributed by atoms with Crippen molar-refractivity contribution >= 4 is 40.3 Å². The molecule has 3 rings (SSSR count). The van der Waals surface area contributed by atoms with E-state index in [1.807, 2.05) is 6.92 Å². The minimum absolute atomic E-state index is 0.0925. The molecule has 0 N–H and O–H groups in total. The third-order valence-electron chi connectivity index (χ3n) is 2.76. The van der Waals surface area contributed by atoms with Crippen molar-refractivity contribution in [3.63, 3.8) is 0 Å². The molecule has 1 amide bonds. The molecule has 2 aromatic rings. The second kappa shape index (κ2) is 5.26. The van der Waals surface area contributed by atoms with Crippen LogP contribution in [0.1, 0.15) is 12.6 Å². The fourth-order valence-corrected chi connectivity index (χ4v) is 3.17. The van der Waals surface area contributed by atoms with E-state index >= 15 is 0 Å². The number of likely N-dealkylation sites (N-methyl/N-ethyl adjacent to an activating group) is 1. The summed E-state index contributed by atoms with van der Waals surface area (Å²) in [6, 6.07) is 5.27. The highest BCUT2D eigenvalue weighted by Gasteiger charge is 2.30. The maximum absolute atomic E-state index is 12.1. The Morgan fingerprint density at radius 1 is 1.50 bits per heavy atom. The van der Waals surface area contributed by atoms with Gasteiger partial charge in [-0.3, -0.25) is 9.69 Å². The van der Waals surface area contributed by atoms with Crippen molar-refractivity contribution in [2.75, 3.05) is 6.54 Å². The van der Waals surface area contributed by atoms with Crippen molar-refractivity contribution in [1.82, 2.24) is 10.1 Å². The SMILES string of the molecule is CCN1C(=O)/C(=C/c2cc(-c3ccco3)on2)SC1=S. The van der Waals surface area contributed by atoms with Crippen LogP contribution in [-0.4, -0.2) is 26.8 Å². The van der Waals surface area contributed by atoms with Gasteiger partial charge in [-0.15, -0.1) is 0 Å². The molecule has 102 valence electrons. The Morgan fingerprint density at radius 3 is 3.00 bits per heavy atom. The summed E-state index contributed by atoms with van der Waals surface area (Å²) in [6.45, 7) is 2.46. The van der Waals surface area contributed by atoms with Gasteiger partial charge in [0.15, 0.2) is 5.76 Å². The van der Waals surface area contributed by atoms with Crippen molar-refractivity contribution in [3.05, 3.63) is 35.1 Å². The van der Waals surface area contributed by atoms with Gasteiger partial charge in [-0.05, 0) is 25.1 Å². The Balaban J connectivity index is 1.87. The largest absolute Gasteiger partial charge is 0.461 e. The van der Waals surface area contributed by atoms with Gasteiger partial charge in [0.05, 0.1) is 11.2 Å². The number of hydrogen-bond acceptors (Lipinski definition) is 6. The maximum Gasteiger partial charge on any atom is 0.266 e. The molecule has 0 aromatic carbocycles. The van der Waals surface area contributed by atoms with Crippen LogP contribution in [-0.2, 0) is 4.79 Å². The Bertz CT molecular complexity index is 688. The molecule has 1 aliphatic rings. The van der Waals surface area contributed by atoms with Crippen LogP contribution in [0.4, 0.5) is 0 Å². The number of carbonyl (C=O) groups excluding carboxylic acids is 1. The molecular weight excluding hydrogens is 296 g/mol. The average molecular weight is 306 g/mol. The van der Waals surface area contributed by atoms with Crippen LogP contribution in [0, 0.1) is 0 Å². The summed E-state index contributed by atoms with van der Waals surface area (Å²) >= 11 is 6.42. The molecule has 0 spiro atoms. The summed E-state index contributed by atoms with van der Waals surface area (Å²) in [4.78, 5) is 14.2. The minimum Gasteiger partial charge on any atom is -0.461 e. The zero-order chi connectivity index (χ0) is 14.1. The Kier molecular flexibility index (Phi) is 3.45. The molecule has 0 aliphatic carbocycles. The van der Waals surface area contributed by atoms with Gasteiger partial charge in [0.1, 0.15) is 10.0 Å². The topological polar surface area (TPSA) is 59.5 Å². The molecule has 7 heteroatoms. The monoisotopic (exact) mass is 306 g/mol. The molecule has 1 aliphatic heterocycles. The van der Waals surface area contributed by atoms with Gasteiger partial charge in [-0.25, -0.2) is 0 Å². The number of furan rings is 1. The number of aromatic nitrogens is 1. The van der Waals surface area contributed by atoms with Gasteiger partial charge in [-0.1, -0.05) is 29.1 Å². The van der Waals surface area contributed by atoms with Gasteiger partial charge in [0, 0.05) is 12.6 Å². The molecule has 0 unspecified atom stereocenters. The highest BCUT2D eigenvalue weighted by atomic mass is 32.2. The molecule has 3 heterocycles. The van der Waals surface area contributed by atoms with E-state index in [9.17, 15) is 4.79 Å². The summed E-state index contributed by atoms with van der Waals surface area (Å²) in [7, 11) is 0. The lowest BCUT2D eigenvalue weighted by Gasteiger charge is -2.09. The molecule has 0 saturated carbocycles. The molecule has 20 heavy (non-hydrogen) atoms. The second-order valence-electron chi connectivity index (χ2n) is 4.02. The lowest BCUT2D eigenvalue weighted by Crippen LogP contribution is -2.27. The summed E-state index contributed by atoms with van der Waals surface area (Å²) in [5, 5.41) is 3.91. The van der Waals surface area contributed by atoms with Crippen LogP contribution in [0.25, 0.3) is 17.6 Å². The zero-order valence-electron chi connectivity index (χ0n) is 10.5. The van der Waals surface area contributed by atoms with Crippen LogP contribution >= 0.6 is 24.0 Å². The smallest absolute Gasteiger partial charge is 0.266 e. The van der Waals surface area contributed by atoms with Gasteiger partial charge < -0.3 is 8.94 Å². The Labute approximate surface area is 124 Å². The van der Waals surface area contributed by atoms with Crippen molar-refractivity contribution in [3.8, 4) is 11.5 Å². The first kappa shape index (κ1) is 13.1. The third kappa shape index (κ3) is 2.30. The average Bonchev–Trinajstić information content (AvgIpc) is 3.12. The molecule has 2 aromatic heterocycles. The molecule has 5 nitrogen and oxygen atoms in total. The number of rotatable bonds is 3. The molecule has 1 saturated heterocycles. The summed E-state index contributed by atoms with van der Waals surface area (Å²) in [5.74, 6) is 1.02. The number of thiocarbonyl (C=S) groups is 1. The van der Waals surface area contributed by atoms with Gasteiger partial charge in [-0.2, -0.15) is 0 Å². The number of nitrogens with zero attached hydrogens (tertiary/aromatic N) is 2. The van der Waals surface area contributed by atoms with Gasteiger partial charge in [0.25, 0.3) is 5.91 Å². The van der Waals surface area contributed by atoms with Gasteiger partial charge in [0.2, 0.25) is 5.76 Å². The highest BCUT2D eigenvalue weighted by molar-refractivity contribution is 8.26. The summed E-state index contributed by atoms with van der Waals surface area (Å²) in [6.07, 6.45) is 3.23. The standard InChI is InChI=1S/C13H10N2O3S2/c1-2-15-12(16)11(20-13(15)19)7-8-6-10(18-14-8)9-4-3-5-17-9/h3-7H,2H2,1H3/b11-7-. The third-order valence-corrected chi connectivity index (χ3v) is 4.14. The minimum atomic E-state index is -0.0925. The van der Waals surface area contributed by atoms with Crippen LogP contribution < -0.4 is 0 Å². The van der Waals surface area contributed by atoms with E-state index in [-0.39, 0.29) is 5.91 Å². The zero-order valence-corrected chi connectivity index (χ0v) is 12.2. The number of thioether (sulfide) groups is 1. The van der Waals surface area contributed by atoms with E-state index in [4.69, 9.17) is 21.2 Å². The molecule has 1 fully saturated rings. The van der Waals surface area contributed by atoms with E-state index in [0.29, 0.717) is 33.0 Å². The van der Waals surface area contributed by atoms with Crippen molar-refractivity contribution < 1.29 is 13.7 Å². The fraction of sp³-hybridized carbons (Fsp3) is 0.154. The van der Waals surface area contributed by atoms with Crippen molar-refractivity contribution in [1.29, 1.82) is 0 Å². The quantitative estimate of drug-likeness (QED) is 0.641. The maximum atomic E-state index is 12.1. The Hall–Kier alpha value is -1.86. The van der Waals surface area contributed by atoms with Gasteiger partial charge >= 0.3 is 0 Å². The van der Waals surface area contributed by atoms with Crippen molar-refractivity contribution in [2.24, 2.45) is 0 Å². The number of hydrogen-bond donors (Lipinski definition) is 0. The van der Waals surface area contributed by atoms with Crippen LogP contribution in [0.2, 0.25) is 0 Å². The predicted octanol–water partition coefficient (Wildman–Crippen LogP) is 3.16. The Morgan fingerprint density at radius 2 is 2.35 bits per heavy atom. The first-order chi connectivity index (χ1) is 9.69. The molecule has 0 bridgehead atoms. The normalized spacial score (nSPS) is 17.4.